The van der Waals surface area contributed by atoms with Crippen LogP contribution in [0.2, 0.25) is 0 Å². The first-order valence-corrected chi connectivity index (χ1v) is 28.8. The van der Waals surface area contributed by atoms with Crippen LogP contribution in [0, 0.1) is 53.2 Å². The maximum atomic E-state index is 7.50. The molecule has 2 unspecified atom stereocenters. The van der Waals surface area contributed by atoms with Crippen molar-refractivity contribution in [3.63, 3.8) is 0 Å². The van der Waals surface area contributed by atoms with E-state index in [-0.39, 0.29) is 34.1 Å². The fraction of sp³-hybridized carbons (Fsp3) is 0.0345. The predicted molar refractivity (Wildman–Crippen MR) is 293 cm³/mol. The molecule has 0 aliphatic heterocycles. The molecule has 0 N–H and O–H groups in total. The molecule has 0 spiro atoms. The van der Waals surface area contributed by atoms with Gasteiger partial charge < -0.3 is 0 Å². The molecular weight excluding hydrogens is 1120 g/mol. The zero-order chi connectivity index (χ0) is 53.8. The fourth-order valence-electron chi connectivity index (χ4n) is 7.11. The standard InChI is InChI=1S/C50H42P4S2.8CO.2Mn/c1-9-25-41(26-10-1)51(42-27-11-2-12-28-42)49(52(43-29-13-3-14-30-43)44-31-15-4-16-32-44)55-56-50(53(45-33-17-5-18-34-45)46-35-19-6-20-36-46)54(47-37-21-7-22-38-47)48-39-23-8-24-40-48;8*1-2;;/h1-40,49-50H;;;;;;;;;;/p+2. The van der Waals surface area contributed by atoms with Crippen LogP contribution in [-0.4, -0.2) is 9.46 Å². The average molecular weight is 1170 g/mol. The number of benzene rings is 8. The van der Waals surface area contributed by atoms with Gasteiger partial charge in [-0.25, -0.2) is 0 Å². The fourth-order valence-corrected chi connectivity index (χ4v) is 31.0. The Hall–Kier alpha value is -4.86. The molecule has 0 heterocycles. The van der Waals surface area contributed by atoms with Gasteiger partial charge in [-0.2, -0.15) is 0 Å². The van der Waals surface area contributed by atoms with E-state index in [0.29, 0.717) is 9.46 Å². The molecule has 8 aromatic rings. The Morgan fingerprint density at radius 3 is 0.527 bits per heavy atom. The maximum absolute atomic E-state index is 7.50. The van der Waals surface area contributed by atoms with Gasteiger partial charge in [-0.3, -0.25) is 0 Å². The van der Waals surface area contributed by atoms with Gasteiger partial charge in [-0.05, 0) is 91.3 Å². The summed E-state index contributed by atoms with van der Waals surface area (Å²) in [4.78, 5) is 0. The number of hydrogen-bond donors (Lipinski definition) is 0. The molecule has 2 radical (unpaired) electrons. The molecule has 16 heteroatoms. The van der Waals surface area contributed by atoms with Gasteiger partial charge in [0.25, 0.3) is 0 Å². The van der Waals surface area contributed by atoms with Crippen molar-refractivity contribution in [2.24, 2.45) is 0 Å². The van der Waals surface area contributed by atoms with E-state index in [1.54, 1.807) is 0 Å². The Morgan fingerprint density at radius 2 is 0.378 bits per heavy atom. The van der Waals surface area contributed by atoms with E-state index in [0.717, 1.165) is 0 Å². The Kier molecular flexibility index (Phi) is 48.6. The van der Waals surface area contributed by atoms with Crippen molar-refractivity contribution < 1.29 is 71.4 Å². The smallest absolute Gasteiger partial charge is 0.0622 e. The normalized spacial score (nSPS) is 9.73. The van der Waals surface area contributed by atoms with Crippen LogP contribution in [0.5, 0.6) is 0 Å². The molecule has 0 amide bonds. The molecule has 0 saturated carbocycles. The van der Waals surface area contributed by atoms with Crippen LogP contribution in [0.1, 0.15) is 0 Å². The predicted octanol–water partition coefficient (Wildman–Crippen LogP) is 10.6. The SMILES string of the molecule is [C-]#[O+].[C-]#[O+].[C-]#[O+].[C-]#[O+].[C-]#[O+].[C-]#[O+].[C-]#[O+].[C-]#[O+].[Mn].[Mn].c1ccc(P(c2ccccc2)C(SSC(P(c2ccccc2)c2ccccc2)[PH+](c2ccccc2)c2ccccc2)[PH+](c2ccccc2)c2ccccc2)cc1. The zero-order valence-electron chi connectivity index (χ0n) is 39.0. The van der Waals surface area contributed by atoms with E-state index in [4.69, 9.17) is 37.2 Å². The Labute approximate surface area is 468 Å². The van der Waals surface area contributed by atoms with Gasteiger partial charge in [0.15, 0.2) is 9.46 Å². The zero-order valence-corrected chi connectivity index (χ0v) is 46.8. The second-order valence-electron chi connectivity index (χ2n) is 13.3. The van der Waals surface area contributed by atoms with Crippen molar-refractivity contribution in [1.29, 1.82) is 0 Å². The Bertz CT molecular complexity index is 2200. The van der Waals surface area contributed by atoms with Crippen molar-refractivity contribution in [1.82, 2.24) is 0 Å². The second-order valence-corrected chi connectivity index (χ2v) is 28.0. The van der Waals surface area contributed by atoms with Crippen molar-refractivity contribution >= 4 is 95.7 Å². The van der Waals surface area contributed by atoms with Gasteiger partial charge in [0.1, 0.15) is 0 Å². The third-order valence-electron chi connectivity index (χ3n) is 9.68. The van der Waals surface area contributed by atoms with Crippen molar-refractivity contribution in [2.45, 2.75) is 9.46 Å². The van der Waals surface area contributed by atoms with Crippen molar-refractivity contribution in [2.75, 3.05) is 0 Å². The minimum Gasteiger partial charge on any atom is -0.0622 e. The summed E-state index contributed by atoms with van der Waals surface area (Å²) in [6.45, 7) is 36.0. The topological polar surface area (TPSA) is 159 Å². The van der Waals surface area contributed by atoms with E-state index >= 15 is 0 Å². The van der Waals surface area contributed by atoms with Crippen LogP contribution in [0.3, 0.4) is 0 Å². The first kappa shape index (κ1) is 73.4. The largest absolute Gasteiger partial charge is 0.157 e. The average Bonchev–Trinajstić information content (AvgIpc) is 3.51. The summed E-state index contributed by atoms with van der Waals surface area (Å²) in [5, 5.41) is 11.6. The molecule has 74 heavy (non-hydrogen) atoms. The molecule has 0 saturated heterocycles. The summed E-state index contributed by atoms with van der Waals surface area (Å²) in [7, 11) is 0.136. The van der Waals surface area contributed by atoms with Gasteiger partial charge in [-0.1, -0.05) is 194 Å². The van der Waals surface area contributed by atoms with E-state index < -0.39 is 31.7 Å². The maximum Gasteiger partial charge on any atom is 0.157 e. The van der Waals surface area contributed by atoms with E-state index in [1.165, 1.54) is 42.4 Å². The van der Waals surface area contributed by atoms with Crippen LogP contribution in [-0.2, 0) is 71.4 Å². The minimum absolute atomic E-state index is 0. The first-order valence-electron chi connectivity index (χ1n) is 20.5. The van der Waals surface area contributed by atoms with Crippen LogP contribution in [0.15, 0.2) is 243 Å². The number of rotatable bonds is 15. The summed E-state index contributed by atoms with van der Waals surface area (Å²) < 4.78 is 60.6. The van der Waals surface area contributed by atoms with Crippen LogP contribution in [0.25, 0.3) is 0 Å². The van der Waals surface area contributed by atoms with Crippen molar-refractivity contribution in [3.8, 4) is 0 Å². The van der Waals surface area contributed by atoms with Crippen LogP contribution < -0.4 is 42.4 Å². The molecule has 8 aromatic carbocycles. The third-order valence-corrected chi connectivity index (χ3v) is 29.8. The van der Waals surface area contributed by atoms with Crippen LogP contribution in [0.4, 0.5) is 0 Å². The van der Waals surface area contributed by atoms with Gasteiger partial charge in [-0.15, -0.1) is 0 Å². The summed E-state index contributed by atoms with van der Waals surface area (Å²) >= 11 is 0. The van der Waals surface area contributed by atoms with E-state index in [2.05, 4.69) is 317 Å². The molecule has 0 aliphatic carbocycles. The monoisotopic (exact) mass is 1170 g/mol. The minimum atomic E-state index is -1.34. The van der Waals surface area contributed by atoms with Gasteiger partial charge in [0, 0.05) is 50.0 Å². The molecule has 0 fully saturated rings. The van der Waals surface area contributed by atoms with E-state index in [1.807, 2.05) is 0 Å². The van der Waals surface area contributed by atoms with Gasteiger partial charge >= 0.3 is 90.4 Å². The van der Waals surface area contributed by atoms with Gasteiger partial charge in [0.2, 0.25) is 0 Å². The molecular formula is C58H44Mn2O8P4S2+2. The Balaban J connectivity index is -0.00000256. The first-order chi connectivity index (χ1) is 35.8. The summed E-state index contributed by atoms with van der Waals surface area (Å²) in [5.41, 5.74) is 0. The second kappa shape index (κ2) is 49.0. The summed E-state index contributed by atoms with van der Waals surface area (Å²) in [5.74, 6) is 0. The molecule has 8 nitrogen and oxygen atoms in total. The molecule has 0 aliphatic rings. The quantitative estimate of drug-likeness (QED) is 0.0329. The van der Waals surface area contributed by atoms with E-state index in [9.17, 15) is 0 Å². The molecule has 8 rings (SSSR count). The van der Waals surface area contributed by atoms with Gasteiger partial charge in [0.05, 0.1) is 37.1 Å². The third kappa shape index (κ3) is 23.4. The molecule has 0 bridgehead atoms. The number of hydrogen-bond acceptors (Lipinski definition) is 2. The Morgan fingerprint density at radius 1 is 0.243 bits per heavy atom. The van der Waals surface area contributed by atoms with Crippen LogP contribution >= 0.6 is 53.3 Å². The molecule has 2 atom stereocenters. The summed E-state index contributed by atoms with van der Waals surface area (Å²) in [6.07, 6.45) is 0. The summed E-state index contributed by atoms with van der Waals surface area (Å²) in [6, 6.07) is 91.3. The van der Waals surface area contributed by atoms with Crippen molar-refractivity contribution in [3.05, 3.63) is 296 Å². The molecule has 368 valence electrons. The molecule has 0 aromatic heterocycles.